The highest BCUT2D eigenvalue weighted by atomic mass is 16.5. The number of H-pyrrole nitrogens is 1. The maximum Gasteiger partial charge on any atom is 0.310 e. The number of benzene rings is 1. The van der Waals surface area contributed by atoms with Gasteiger partial charge in [0, 0.05) is 16.6 Å². The Morgan fingerprint density at radius 1 is 1.37 bits per heavy atom. The van der Waals surface area contributed by atoms with Gasteiger partial charge < -0.3 is 14.5 Å². The lowest BCUT2D eigenvalue weighted by atomic mass is 10.0. The average Bonchev–Trinajstić information content (AvgIpc) is 3.22. The number of hydrogen-bond acceptors (Lipinski definition) is 3. The maximum atomic E-state index is 11.6. The van der Waals surface area contributed by atoms with E-state index in [0.29, 0.717) is 12.3 Å². The second-order valence-corrected chi connectivity index (χ2v) is 4.96. The van der Waals surface area contributed by atoms with Crippen LogP contribution in [0, 0.1) is 0 Å². The van der Waals surface area contributed by atoms with Gasteiger partial charge in [0.25, 0.3) is 0 Å². The molecule has 1 aliphatic carbocycles. The first-order valence-electron chi connectivity index (χ1n) is 6.48. The van der Waals surface area contributed by atoms with Crippen LogP contribution in [-0.4, -0.2) is 25.2 Å². The van der Waals surface area contributed by atoms with E-state index < -0.39 is 0 Å². The average molecular weight is 259 g/mol. The molecule has 2 aromatic rings. The third kappa shape index (κ3) is 2.18. The van der Waals surface area contributed by atoms with Crippen molar-refractivity contribution in [2.75, 3.05) is 14.2 Å². The van der Waals surface area contributed by atoms with E-state index in [2.05, 4.69) is 4.98 Å². The first kappa shape index (κ1) is 12.1. The summed E-state index contributed by atoms with van der Waals surface area (Å²) < 4.78 is 10.1. The molecule has 1 heterocycles. The monoisotopic (exact) mass is 259 g/mol. The fourth-order valence-corrected chi connectivity index (χ4v) is 2.50. The van der Waals surface area contributed by atoms with Crippen LogP contribution in [0.1, 0.15) is 30.0 Å². The van der Waals surface area contributed by atoms with Crippen molar-refractivity contribution in [1.82, 2.24) is 4.98 Å². The molecular weight excluding hydrogens is 242 g/mol. The van der Waals surface area contributed by atoms with Gasteiger partial charge in [0.1, 0.15) is 5.75 Å². The summed E-state index contributed by atoms with van der Waals surface area (Å²) in [5.41, 5.74) is 3.30. The molecule has 0 amide bonds. The van der Waals surface area contributed by atoms with Gasteiger partial charge in [-0.25, -0.2) is 0 Å². The number of aromatic amines is 1. The molecule has 1 fully saturated rings. The van der Waals surface area contributed by atoms with E-state index in [1.165, 1.54) is 25.6 Å². The van der Waals surface area contributed by atoms with Crippen LogP contribution in [0.15, 0.2) is 18.2 Å². The Bertz CT molecular complexity index is 626. The summed E-state index contributed by atoms with van der Waals surface area (Å²) in [6, 6.07) is 5.91. The molecule has 0 saturated heterocycles. The minimum Gasteiger partial charge on any atom is -0.497 e. The second kappa shape index (κ2) is 4.61. The van der Waals surface area contributed by atoms with Gasteiger partial charge in [0.05, 0.1) is 20.6 Å². The van der Waals surface area contributed by atoms with Crippen LogP contribution in [-0.2, 0) is 16.0 Å². The summed E-state index contributed by atoms with van der Waals surface area (Å²) in [5, 5.41) is 1.06. The minimum absolute atomic E-state index is 0.203. The molecule has 1 aliphatic rings. The normalized spacial score (nSPS) is 14.6. The summed E-state index contributed by atoms with van der Waals surface area (Å²) in [6.45, 7) is 0. The standard InChI is InChI=1S/C15H17NO3/c1-18-10-5-6-13-11(7-10)12(8-14(17)19-2)15(16-13)9-3-4-9/h5-7,9,16H,3-4,8H2,1-2H3. The minimum atomic E-state index is -0.203. The van der Waals surface area contributed by atoms with Gasteiger partial charge in [-0.1, -0.05) is 0 Å². The largest absolute Gasteiger partial charge is 0.497 e. The Labute approximate surface area is 111 Å². The van der Waals surface area contributed by atoms with Crippen LogP contribution in [0.5, 0.6) is 5.75 Å². The number of rotatable bonds is 4. The molecule has 0 bridgehead atoms. The van der Waals surface area contributed by atoms with Gasteiger partial charge in [0.2, 0.25) is 0 Å². The Kier molecular flexibility index (Phi) is 2.93. The molecule has 1 aromatic heterocycles. The zero-order valence-corrected chi connectivity index (χ0v) is 11.2. The molecule has 3 rings (SSSR count). The van der Waals surface area contributed by atoms with Crippen molar-refractivity contribution in [3.8, 4) is 5.75 Å². The van der Waals surface area contributed by atoms with E-state index >= 15 is 0 Å². The van der Waals surface area contributed by atoms with E-state index in [0.717, 1.165) is 22.2 Å². The Balaban J connectivity index is 2.12. The third-order valence-electron chi connectivity index (χ3n) is 3.68. The Hall–Kier alpha value is -1.97. The van der Waals surface area contributed by atoms with Gasteiger partial charge in [-0.2, -0.15) is 0 Å². The molecule has 1 N–H and O–H groups in total. The number of esters is 1. The van der Waals surface area contributed by atoms with E-state index in [4.69, 9.17) is 9.47 Å². The summed E-state index contributed by atoms with van der Waals surface area (Å²) in [4.78, 5) is 15.0. The number of methoxy groups -OCH3 is 2. The van der Waals surface area contributed by atoms with Gasteiger partial charge in [0.15, 0.2) is 0 Å². The van der Waals surface area contributed by atoms with Crippen molar-refractivity contribution >= 4 is 16.9 Å². The molecule has 1 saturated carbocycles. The molecule has 4 nitrogen and oxygen atoms in total. The number of fused-ring (bicyclic) bond motifs is 1. The summed E-state index contributed by atoms with van der Waals surface area (Å²) in [5.74, 6) is 1.17. The number of carbonyl (C=O) groups is 1. The third-order valence-corrected chi connectivity index (χ3v) is 3.68. The topological polar surface area (TPSA) is 51.3 Å². The SMILES string of the molecule is COC(=O)Cc1c(C2CC2)[nH]c2ccc(OC)cc12. The molecule has 0 unspecified atom stereocenters. The van der Waals surface area contributed by atoms with Crippen LogP contribution < -0.4 is 4.74 Å². The summed E-state index contributed by atoms with van der Waals surface area (Å²) in [7, 11) is 3.07. The second-order valence-electron chi connectivity index (χ2n) is 4.96. The molecule has 0 spiro atoms. The Morgan fingerprint density at radius 2 is 2.16 bits per heavy atom. The van der Waals surface area contributed by atoms with Gasteiger partial charge in [-0.15, -0.1) is 0 Å². The molecule has 19 heavy (non-hydrogen) atoms. The van der Waals surface area contributed by atoms with Crippen molar-refractivity contribution in [2.45, 2.75) is 25.2 Å². The van der Waals surface area contributed by atoms with Crippen molar-refractivity contribution in [2.24, 2.45) is 0 Å². The van der Waals surface area contributed by atoms with Gasteiger partial charge in [-0.3, -0.25) is 4.79 Å². The molecule has 1 aromatic carbocycles. The van der Waals surface area contributed by atoms with Gasteiger partial charge in [-0.05, 0) is 42.5 Å². The first-order chi connectivity index (χ1) is 9.22. The smallest absolute Gasteiger partial charge is 0.310 e. The lowest BCUT2D eigenvalue weighted by molar-refractivity contribution is -0.139. The van der Waals surface area contributed by atoms with Crippen LogP contribution >= 0.6 is 0 Å². The fourth-order valence-electron chi connectivity index (χ4n) is 2.50. The zero-order chi connectivity index (χ0) is 13.4. The van der Waals surface area contributed by atoms with E-state index in [9.17, 15) is 4.79 Å². The van der Waals surface area contributed by atoms with Crippen molar-refractivity contribution in [1.29, 1.82) is 0 Å². The molecule has 0 radical (unpaired) electrons. The van der Waals surface area contributed by atoms with E-state index in [1.54, 1.807) is 7.11 Å². The molecule has 0 atom stereocenters. The number of ether oxygens (including phenoxy) is 2. The van der Waals surface area contributed by atoms with Crippen LogP contribution in [0.4, 0.5) is 0 Å². The molecule has 0 aliphatic heterocycles. The highest BCUT2D eigenvalue weighted by Crippen LogP contribution is 2.43. The zero-order valence-electron chi connectivity index (χ0n) is 11.2. The van der Waals surface area contributed by atoms with Crippen molar-refractivity contribution in [3.05, 3.63) is 29.5 Å². The lowest BCUT2D eigenvalue weighted by Crippen LogP contribution is -2.05. The van der Waals surface area contributed by atoms with Gasteiger partial charge >= 0.3 is 5.97 Å². The highest BCUT2D eigenvalue weighted by Gasteiger charge is 2.29. The van der Waals surface area contributed by atoms with Crippen LogP contribution in [0.2, 0.25) is 0 Å². The molecule has 4 heteroatoms. The predicted molar refractivity (Wildman–Crippen MR) is 72.5 cm³/mol. The van der Waals surface area contributed by atoms with Crippen LogP contribution in [0.25, 0.3) is 10.9 Å². The Morgan fingerprint density at radius 3 is 2.79 bits per heavy atom. The van der Waals surface area contributed by atoms with Crippen LogP contribution in [0.3, 0.4) is 0 Å². The maximum absolute atomic E-state index is 11.6. The highest BCUT2D eigenvalue weighted by molar-refractivity contribution is 5.90. The van der Waals surface area contributed by atoms with Crippen molar-refractivity contribution in [3.63, 3.8) is 0 Å². The summed E-state index contributed by atoms with van der Waals surface area (Å²) in [6.07, 6.45) is 2.70. The molecular formula is C15H17NO3. The quantitative estimate of drug-likeness (QED) is 0.859. The van der Waals surface area contributed by atoms with E-state index in [1.807, 2.05) is 18.2 Å². The number of hydrogen-bond donors (Lipinski definition) is 1. The number of carbonyl (C=O) groups excluding carboxylic acids is 1. The summed E-state index contributed by atoms with van der Waals surface area (Å²) >= 11 is 0. The predicted octanol–water partition coefficient (Wildman–Crippen LogP) is 2.77. The fraction of sp³-hybridized carbons (Fsp3) is 0.400. The first-order valence-corrected chi connectivity index (χ1v) is 6.48. The van der Waals surface area contributed by atoms with Crippen molar-refractivity contribution < 1.29 is 14.3 Å². The number of nitrogens with one attached hydrogen (secondary N) is 1. The number of aromatic nitrogens is 1. The lowest BCUT2D eigenvalue weighted by Gasteiger charge is -2.03. The molecule has 100 valence electrons. The van der Waals surface area contributed by atoms with E-state index in [-0.39, 0.29) is 5.97 Å².